The monoisotopic (exact) mass is 251 g/mol. The van der Waals surface area contributed by atoms with Crippen LogP contribution in [-0.2, 0) is 0 Å². The molecule has 0 aliphatic heterocycles. The van der Waals surface area contributed by atoms with E-state index in [1.54, 1.807) is 0 Å². The van der Waals surface area contributed by atoms with E-state index in [1.165, 1.54) is 0 Å². The Morgan fingerprint density at radius 2 is 2.21 bits per heavy atom. The molecule has 0 radical (unpaired) electrons. The minimum atomic E-state index is 0.00491. The molecule has 0 aliphatic rings. The van der Waals surface area contributed by atoms with Gasteiger partial charge in [0.05, 0.1) is 0 Å². The summed E-state index contributed by atoms with van der Waals surface area (Å²) in [6, 6.07) is 4.15. The Bertz CT molecular complexity index is 548. The Morgan fingerprint density at radius 1 is 1.50 bits per heavy atom. The molecule has 4 heteroatoms. The molecule has 2 aromatic rings. The van der Waals surface area contributed by atoms with Crippen molar-refractivity contribution in [2.24, 2.45) is 0 Å². The van der Waals surface area contributed by atoms with Gasteiger partial charge in [-0.2, -0.15) is 0 Å². The van der Waals surface area contributed by atoms with Crippen LogP contribution >= 0.6 is 0 Å². The molecular weight excluding hydrogens is 241 g/mol. The van der Waals surface area contributed by atoms with Crippen molar-refractivity contribution in [2.45, 2.75) is 13.8 Å². The molecule has 0 amide bonds. The summed E-state index contributed by atoms with van der Waals surface area (Å²) in [7, 11) is 0. The molecule has 0 aliphatic carbocycles. The fourth-order valence-corrected chi connectivity index (χ4v) is 3.68. The van der Waals surface area contributed by atoms with Gasteiger partial charge in [-0.1, -0.05) is 0 Å². The summed E-state index contributed by atoms with van der Waals surface area (Å²) in [5.74, 6) is 0. The van der Waals surface area contributed by atoms with Crippen molar-refractivity contribution in [1.29, 1.82) is 5.26 Å². The van der Waals surface area contributed by atoms with E-state index in [-0.39, 0.29) is 14.5 Å². The number of aromatic nitrogens is 1. The van der Waals surface area contributed by atoms with Gasteiger partial charge in [0, 0.05) is 0 Å². The molecule has 2 heterocycles. The Balaban J connectivity index is 2.94. The Labute approximate surface area is 87.9 Å². The Hall–Kier alpha value is -1.30. The number of hydrogen-bond acceptors (Lipinski definition) is 3. The number of nitrogen functional groups attached to an aromatic ring is 1. The Morgan fingerprint density at radius 3 is 2.86 bits per heavy atom. The van der Waals surface area contributed by atoms with Crippen LogP contribution in [0.25, 0.3) is 9.78 Å². The molecule has 0 atom stereocenters. The van der Waals surface area contributed by atoms with E-state index < -0.39 is 0 Å². The quantitative estimate of drug-likeness (QED) is 0.718. The molecule has 0 spiro atoms. The molecule has 0 saturated carbocycles. The van der Waals surface area contributed by atoms with E-state index in [0.717, 1.165) is 21.0 Å². The number of fused-ring (bicyclic) bond motifs is 1. The van der Waals surface area contributed by atoms with Gasteiger partial charge < -0.3 is 0 Å². The van der Waals surface area contributed by atoms with E-state index in [2.05, 4.69) is 11.1 Å². The number of nitrogens with two attached hydrogens (primary N) is 1. The van der Waals surface area contributed by atoms with Crippen LogP contribution in [-0.4, -0.2) is 19.5 Å². The second-order valence-electron chi connectivity index (χ2n) is 3.22. The van der Waals surface area contributed by atoms with Crippen molar-refractivity contribution in [2.75, 3.05) is 5.73 Å². The predicted molar refractivity (Wildman–Crippen MR) is 57.3 cm³/mol. The van der Waals surface area contributed by atoms with Crippen molar-refractivity contribution < 1.29 is 0 Å². The predicted octanol–water partition coefficient (Wildman–Crippen LogP) is 1.36. The zero-order chi connectivity index (χ0) is 10.3. The van der Waals surface area contributed by atoms with Crippen LogP contribution in [0.3, 0.4) is 0 Å². The van der Waals surface area contributed by atoms with Gasteiger partial charge >= 0.3 is 87.6 Å². The van der Waals surface area contributed by atoms with Crippen LogP contribution in [0.5, 0.6) is 0 Å². The average Bonchev–Trinajstić information content (AvgIpc) is 2.42. The molecule has 2 aromatic heterocycles. The molecule has 3 nitrogen and oxygen atoms in total. The van der Waals surface area contributed by atoms with Crippen molar-refractivity contribution in [3.8, 4) is 6.07 Å². The third kappa shape index (κ3) is 1.22. The van der Waals surface area contributed by atoms with Gasteiger partial charge in [0.1, 0.15) is 0 Å². The average molecular weight is 250 g/mol. The standard InChI is InChI=1S/C10H9N3Se/c1-5-3-6(2)13-10-8(5)9(12)7(4-11)14-10/h3H,12H2,1-2H3. The Kier molecular flexibility index (Phi) is 2.07. The van der Waals surface area contributed by atoms with Crippen LogP contribution in [0, 0.1) is 25.2 Å². The molecule has 0 bridgehead atoms. The second kappa shape index (κ2) is 3.13. The van der Waals surface area contributed by atoms with Crippen LogP contribution in [0.15, 0.2) is 6.07 Å². The zero-order valence-corrected chi connectivity index (χ0v) is 9.67. The number of nitrogens with zero attached hydrogens (tertiary/aromatic N) is 2. The van der Waals surface area contributed by atoms with E-state index in [1.807, 2.05) is 19.9 Å². The third-order valence-electron chi connectivity index (χ3n) is 2.13. The molecule has 2 rings (SSSR count). The van der Waals surface area contributed by atoms with Crippen molar-refractivity contribution in [3.05, 3.63) is 21.8 Å². The third-order valence-corrected chi connectivity index (χ3v) is 4.23. The van der Waals surface area contributed by atoms with Gasteiger partial charge in [0.25, 0.3) is 0 Å². The summed E-state index contributed by atoms with van der Waals surface area (Å²) in [4.78, 5) is 4.42. The SMILES string of the molecule is Cc1cc(C)c2c(N)c(C#N)[se]c2n1. The van der Waals surface area contributed by atoms with Crippen molar-refractivity contribution in [1.82, 2.24) is 4.98 Å². The van der Waals surface area contributed by atoms with Gasteiger partial charge in [-0.15, -0.1) is 0 Å². The maximum atomic E-state index is 8.87. The first-order valence-corrected chi connectivity index (χ1v) is 5.91. The van der Waals surface area contributed by atoms with Crippen molar-refractivity contribution >= 4 is 30.0 Å². The van der Waals surface area contributed by atoms with Gasteiger partial charge in [-0.25, -0.2) is 0 Å². The van der Waals surface area contributed by atoms with Crippen LogP contribution in [0.4, 0.5) is 5.69 Å². The van der Waals surface area contributed by atoms with E-state index >= 15 is 0 Å². The molecule has 0 fully saturated rings. The van der Waals surface area contributed by atoms with Crippen LogP contribution < -0.4 is 5.73 Å². The van der Waals surface area contributed by atoms with Gasteiger partial charge in [-0.05, 0) is 0 Å². The van der Waals surface area contributed by atoms with Gasteiger partial charge in [0.2, 0.25) is 0 Å². The van der Waals surface area contributed by atoms with E-state index in [9.17, 15) is 0 Å². The number of hydrogen-bond donors (Lipinski definition) is 1. The normalized spacial score (nSPS) is 10.4. The summed E-state index contributed by atoms with van der Waals surface area (Å²) in [5.41, 5.74) is 8.63. The molecule has 0 unspecified atom stereocenters. The number of pyridine rings is 1. The first kappa shape index (κ1) is 9.26. The number of aryl methyl sites for hydroxylation is 2. The maximum absolute atomic E-state index is 8.87. The minimum absolute atomic E-state index is 0.00491. The van der Waals surface area contributed by atoms with E-state index in [4.69, 9.17) is 11.0 Å². The molecule has 2 N–H and O–H groups in total. The van der Waals surface area contributed by atoms with Gasteiger partial charge in [0.15, 0.2) is 0 Å². The molecular formula is C10H9N3Se. The number of nitriles is 1. The molecule has 14 heavy (non-hydrogen) atoms. The van der Waals surface area contributed by atoms with E-state index in [0.29, 0.717) is 10.1 Å². The fourth-order valence-electron chi connectivity index (χ4n) is 1.55. The summed E-state index contributed by atoms with van der Waals surface area (Å²) < 4.78 is 1.71. The molecule has 70 valence electrons. The van der Waals surface area contributed by atoms with Crippen molar-refractivity contribution in [3.63, 3.8) is 0 Å². The summed E-state index contributed by atoms with van der Waals surface area (Å²) in [6.45, 7) is 3.97. The summed E-state index contributed by atoms with van der Waals surface area (Å²) in [5, 5.41) is 9.86. The number of rotatable bonds is 0. The first-order chi connectivity index (χ1) is 6.63. The van der Waals surface area contributed by atoms with Gasteiger partial charge in [-0.3, -0.25) is 0 Å². The number of anilines is 1. The summed E-state index contributed by atoms with van der Waals surface area (Å²) in [6.07, 6.45) is 0. The summed E-state index contributed by atoms with van der Waals surface area (Å²) >= 11 is 0.00491. The molecule has 0 aromatic carbocycles. The van der Waals surface area contributed by atoms with Crippen LogP contribution in [0.2, 0.25) is 0 Å². The fraction of sp³-hybridized carbons (Fsp3) is 0.200. The first-order valence-electron chi connectivity index (χ1n) is 4.20. The molecule has 0 saturated heterocycles. The zero-order valence-electron chi connectivity index (χ0n) is 7.96. The second-order valence-corrected chi connectivity index (χ2v) is 5.31. The topological polar surface area (TPSA) is 62.7 Å². The van der Waals surface area contributed by atoms with Crippen LogP contribution in [0.1, 0.15) is 15.7 Å².